The van der Waals surface area contributed by atoms with Gasteiger partial charge in [-0.2, -0.15) is 0 Å². The van der Waals surface area contributed by atoms with E-state index in [1.807, 2.05) is 0 Å². The lowest BCUT2D eigenvalue weighted by Gasteiger charge is -2.12. The van der Waals surface area contributed by atoms with Gasteiger partial charge in [-0.1, -0.05) is 0 Å². The normalized spacial score (nSPS) is 11.5. The number of hydrogen-bond donors (Lipinski definition) is 2. The van der Waals surface area contributed by atoms with Crippen LogP contribution in [0.1, 0.15) is 5.69 Å². The summed E-state index contributed by atoms with van der Waals surface area (Å²) in [5.41, 5.74) is 10.8. The molecule has 84 valence electrons. The van der Waals surface area contributed by atoms with Crippen molar-refractivity contribution in [2.45, 2.75) is 12.9 Å². The molecule has 0 amide bonds. The van der Waals surface area contributed by atoms with E-state index in [1.54, 1.807) is 22.6 Å². The van der Waals surface area contributed by atoms with Gasteiger partial charge in [-0.3, -0.25) is 0 Å². The van der Waals surface area contributed by atoms with Crippen LogP contribution in [0.15, 0.2) is 6.07 Å². The topological polar surface area (TPSA) is 74.2 Å². The van der Waals surface area contributed by atoms with Crippen molar-refractivity contribution in [3.05, 3.63) is 15.5 Å². The third-order valence-corrected chi connectivity index (χ3v) is 2.28. The Kier molecular flexibility index (Phi) is 3.60. The molecular weight excluding hydrogens is 326 g/mol. The number of anilines is 1. The quantitative estimate of drug-likeness (QED) is 0.637. The van der Waals surface area contributed by atoms with Gasteiger partial charge < -0.3 is 16.2 Å². The number of nitrogen functional groups attached to an aromatic ring is 1. The Bertz CT molecular complexity index is 369. The highest BCUT2D eigenvalue weighted by atomic mass is 127. The zero-order chi connectivity index (χ0) is 11.6. The molecule has 0 aliphatic rings. The summed E-state index contributed by atoms with van der Waals surface area (Å²) in [7, 11) is 0. The van der Waals surface area contributed by atoms with E-state index in [0.717, 1.165) is 6.07 Å². The first-order valence-corrected chi connectivity index (χ1v) is 4.82. The molecule has 0 radical (unpaired) electrons. The Morgan fingerprint density at radius 3 is 2.53 bits per heavy atom. The largest absolute Gasteiger partial charge is 0.573 e. The fourth-order valence-corrected chi connectivity index (χ4v) is 1.44. The van der Waals surface area contributed by atoms with E-state index in [2.05, 4.69) is 9.72 Å². The van der Waals surface area contributed by atoms with Crippen molar-refractivity contribution in [3.8, 4) is 5.75 Å². The number of aromatic nitrogens is 1. The predicted molar refractivity (Wildman–Crippen MR) is 55.9 cm³/mol. The standard InChI is InChI=1S/C7H7F3IN3O/c8-7(9,10)15-4-1-3(2-12)14-6(11)5(4)13/h1H,2,12-13H2. The molecule has 4 N–H and O–H groups in total. The van der Waals surface area contributed by atoms with E-state index >= 15 is 0 Å². The maximum atomic E-state index is 12.0. The van der Waals surface area contributed by atoms with E-state index in [-0.39, 0.29) is 21.6 Å². The van der Waals surface area contributed by atoms with Crippen molar-refractivity contribution in [2.24, 2.45) is 5.73 Å². The number of nitrogens with zero attached hydrogens (tertiary/aromatic N) is 1. The van der Waals surface area contributed by atoms with Crippen molar-refractivity contribution in [2.75, 3.05) is 5.73 Å². The van der Waals surface area contributed by atoms with Gasteiger partial charge in [0.1, 0.15) is 9.39 Å². The van der Waals surface area contributed by atoms with Gasteiger partial charge in [-0.05, 0) is 22.6 Å². The number of ether oxygens (including phenoxy) is 1. The number of hydrogen-bond acceptors (Lipinski definition) is 4. The highest BCUT2D eigenvalue weighted by molar-refractivity contribution is 14.1. The van der Waals surface area contributed by atoms with Crippen LogP contribution in [0.2, 0.25) is 0 Å². The third kappa shape index (κ3) is 3.38. The Morgan fingerprint density at radius 1 is 1.47 bits per heavy atom. The minimum absolute atomic E-state index is 0.0184. The molecule has 1 heterocycles. The highest BCUT2D eigenvalue weighted by Crippen LogP contribution is 2.31. The summed E-state index contributed by atoms with van der Waals surface area (Å²) < 4.78 is 39.8. The first kappa shape index (κ1) is 12.3. The Labute approximate surface area is 96.9 Å². The van der Waals surface area contributed by atoms with Crippen molar-refractivity contribution in [1.82, 2.24) is 4.98 Å². The van der Waals surface area contributed by atoms with E-state index < -0.39 is 12.1 Å². The van der Waals surface area contributed by atoms with Crippen molar-refractivity contribution in [1.29, 1.82) is 0 Å². The predicted octanol–water partition coefficient (Wildman–Crippen LogP) is 1.63. The van der Waals surface area contributed by atoms with Gasteiger partial charge in [-0.15, -0.1) is 13.2 Å². The summed E-state index contributed by atoms with van der Waals surface area (Å²) in [6.45, 7) is 0.0184. The highest BCUT2D eigenvalue weighted by Gasteiger charge is 2.32. The zero-order valence-corrected chi connectivity index (χ0v) is 9.46. The molecule has 4 nitrogen and oxygen atoms in total. The molecule has 1 aromatic rings. The van der Waals surface area contributed by atoms with Gasteiger partial charge in [0, 0.05) is 12.6 Å². The summed E-state index contributed by atoms with van der Waals surface area (Å²) in [4.78, 5) is 3.87. The molecule has 0 aromatic carbocycles. The summed E-state index contributed by atoms with van der Waals surface area (Å²) in [5, 5.41) is 0. The van der Waals surface area contributed by atoms with Gasteiger partial charge in [-0.25, -0.2) is 4.98 Å². The van der Waals surface area contributed by atoms with Gasteiger partial charge in [0.15, 0.2) is 5.75 Å². The van der Waals surface area contributed by atoms with Crippen LogP contribution in [0.4, 0.5) is 18.9 Å². The van der Waals surface area contributed by atoms with Crippen molar-refractivity contribution in [3.63, 3.8) is 0 Å². The van der Waals surface area contributed by atoms with E-state index in [4.69, 9.17) is 11.5 Å². The maximum Gasteiger partial charge on any atom is 0.573 e. The van der Waals surface area contributed by atoms with Gasteiger partial charge in [0.2, 0.25) is 0 Å². The molecular formula is C7H7F3IN3O. The number of nitrogens with two attached hydrogens (primary N) is 2. The van der Waals surface area contributed by atoms with E-state index in [1.165, 1.54) is 0 Å². The minimum atomic E-state index is -4.77. The van der Waals surface area contributed by atoms with Crippen molar-refractivity contribution < 1.29 is 17.9 Å². The number of rotatable bonds is 2. The molecule has 0 aliphatic heterocycles. The molecule has 1 rings (SSSR count). The lowest BCUT2D eigenvalue weighted by atomic mass is 10.3. The summed E-state index contributed by atoms with van der Waals surface area (Å²) >= 11 is 1.71. The van der Waals surface area contributed by atoms with Crippen LogP contribution in [0, 0.1) is 3.70 Å². The van der Waals surface area contributed by atoms with Gasteiger partial charge in [0.25, 0.3) is 0 Å². The summed E-state index contributed by atoms with van der Waals surface area (Å²) in [5.74, 6) is -0.470. The second-order valence-electron chi connectivity index (χ2n) is 2.57. The second kappa shape index (κ2) is 4.39. The van der Waals surface area contributed by atoms with E-state index in [9.17, 15) is 13.2 Å². The number of halogens is 4. The molecule has 0 atom stereocenters. The van der Waals surface area contributed by atoms with Crippen molar-refractivity contribution >= 4 is 28.3 Å². The van der Waals surface area contributed by atoms with Crippen LogP contribution in [-0.2, 0) is 6.54 Å². The van der Waals surface area contributed by atoms with Gasteiger partial charge >= 0.3 is 6.36 Å². The average Bonchev–Trinajstić information content (AvgIpc) is 2.10. The number of alkyl halides is 3. The van der Waals surface area contributed by atoms with Gasteiger partial charge in [0.05, 0.1) is 5.69 Å². The molecule has 0 bridgehead atoms. The second-order valence-corrected chi connectivity index (χ2v) is 3.59. The third-order valence-electron chi connectivity index (χ3n) is 1.46. The molecule has 8 heteroatoms. The van der Waals surface area contributed by atoms with Crippen LogP contribution in [0.25, 0.3) is 0 Å². The lowest BCUT2D eigenvalue weighted by molar-refractivity contribution is -0.274. The maximum absolute atomic E-state index is 12.0. The van der Waals surface area contributed by atoms with Crippen LogP contribution in [0.5, 0.6) is 5.75 Å². The van der Waals surface area contributed by atoms with Crippen LogP contribution < -0.4 is 16.2 Å². The Hall–Kier alpha value is -0.770. The number of pyridine rings is 1. The molecule has 0 aliphatic carbocycles. The van der Waals surface area contributed by atoms with Crippen LogP contribution in [0.3, 0.4) is 0 Å². The Balaban J connectivity index is 3.11. The smallest absolute Gasteiger partial charge is 0.403 e. The van der Waals surface area contributed by atoms with Crippen LogP contribution >= 0.6 is 22.6 Å². The molecule has 1 aromatic heterocycles. The first-order valence-electron chi connectivity index (χ1n) is 3.74. The fraction of sp³-hybridized carbons (Fsp3) is 0.286. The molecule has 0 unspecified atom stereocenters. The lowest BCUT2D eigenvalue weighted by Crippen LogP contribution is -2.19. The fourth-order valence-electron chi connectivity index (χ4n) is 0.863. The van der Waals surface area contributed by atoms with Crippen LogP contribution in [-0.4, -0.2) is 11.3 Å². The van der Waals surface area contributed by atoms with E-state index in [0.29, 0.717) is 0 Å². The monoisotopic (exact) mass is 333 g/mol. The molecule has 15 heavy (non-hydrogen) atoms. The molecule has 0 fully saturated rings. The summed E-state index contributed by atoms with van der Waals surface area (Å²) in [6, 6.07) is 1.07. The molecule has 0 spiro atoms. The molecule has 0 saturated heterocycles. The SMILES string of the molecule is NCc1cc(OC(F)(F)F)c(N)c(I)n1. The average molecular weight is 333 g/mol. The zero-order valence-electron chi connectivity index (χ0n) is 7.31. The summed E-state index contributed by atoms with van der Waals surface area (Å²) in [6.07, 6.45) is -4.77. The molecule has 0 saturated carbocycles. The first-order chi connectivity index (χ1) is 6.83. The minimum Gasteiger partial charge on any atom is -0.403 e. The Morgan fingerprint density at radius 2 is 2.07 bits per heavy atom.